The molecule has 0 aliphatic carbocycles. The highest BCUT2D eigenvalue weighted by molar-refractivity contribution is 5.78. The van der Waals surface area contributed by atoms with E-state index in [4.69, 9.17) is 4.74 Å². The van der Waals surface area contributed by atoms with E-state index in [0.29, 0.717) is 26.2 Å². The normalized spacial score (nSPS) is 15.6. The molecule has 1 N–H and O–H groups in total. The van der Waals surface area contributed by atoms with Crippen molar-refractivity contribution in [2.45, 2.75) is 58.5 Å². The van der Waals surface area contributed by atoms with Crippen molar-refractivity contribution in [3.8, 4) is 0 Å². The lowest BCUT2D eigenvalue weighted by molar-refractivity contribution is -0.123. The van der Waals surface area contributed by atoms with Crippen LogP contribution in [0, 0.1) is 0 Å². The molecule has 6 heteroatoms. The minimum Gasteiger partial charge on any atom is -0.450 e. The van der Waals surface area contributed by atoms with Crippen LogP contribution < -0.4 is 5.32 Å². The van der Waals surface area contributed by atoms with Crippen LogP contribution in [0.1, 0.15) is 51.7 Å². The Morgan fingerprint density at radius 1 is 1.18 bits per heavy atom. The Hall–Kier alpha value is -2.08. The number of likely N-dealkylation sites (N-methyl/N-ethyl adjacent to an activating group) is 1. The number of carbonyl (C=O) groups excluding carboxylic acids is 2. The van der Waals surface area contributed by atoms with Gasteiger partial charge in [0.2, 0.25) is 5.91 Å². The van der Waals surface area contributed by atoms with Gasteiger partial charge in [0.05, 0.1) is 13.2 Å². The van der Waals surface area contributed by atoms with E-state index in [1.54, 1.807) is 11.8 Å². The number of amides is 2. The number of benzene rings is 1. The van der Waals surface area contributed by atoms with Gasteiger partial charge in [-0.25, -0.2) is 4.79 Å². The third-order valence-corrected chi connectivity index (χ3v) is 5.07. The Morgan fingerprint density at radius 3 is 2.32 bits per heavy atom. The van der Waals surface area contributed by atoms with E-state index in [1.165, 1.54) is 11.1 Å². The molecule has 1 saturated heterocycles. The summed E-state index contributed by atoms with van der Waals surface area (Å²) in [5.41, 5.74) is 2.66. The maximum Gasteiger partial charge on any atom is 0.409 e. The molecule has 1 aliphatic heterocycles. The number of rotatable bonds is 6. The Labute approximate surface area is 169 Å². The first kappa shape index (κ1) is 22.2. The Balaban J connectivity index is 1.73. The molecule has 1 aliphatic rings. The molecule has 2 rings (SSSR count). The smallest absolute Gasteiger partial charge is 0.409 e. The van der Waals surface area contributed by atoms with Crippen LogP contribution in [0.4, 0.5) is 4.79 Å². The van der Waals surface area contributed by atoms with Crippen molar-refractivity contribution in [2.75, 3.05) is 33.3 Å². The summed E-state index contributed by atoms with van der Waals surface area (Å²) in [7, 11) is 1.96. The molecule has 0 saturated carbocycles. The average molecular weight is 390 g/mol. The number of nitrogens with zero attached hydrogens (tertiary/aromatic N) is 2. The minimum absolute atomic E-state index is 0.0309. The number of hydrogen-bond acceptors (Lipinski definition) is 4. The average Bonchev–Trinajstić information content (AvgIpc) is 2.62. The first-order chi connectivity index (χ1) is 13.2. The van der Waals surface area contributed by atoms with Crippen LogP contribution in [0.5, 0.6) is 0 Å². The van der Waals surface area contributed by atoms with Crippen LogP contribution in [0.25, 0.3) is 0 Å². The predicted molar refractivity (Wildman–Crippen MR) is 111 cm³/mol. The van der Waals surface area contributed by atoms with E-state index in [0.717, 1.165) is 19.4 Å². The number of likely N-dealkylation sites (tertiary alicyclic amines) is 1. The Bertz CT molecular complexity index is 644. The summed E-state index contributed by atoms with van der Waals surface area (Å²) in [6, 6.07) is 8.74. The molecular weight excluding hydrogens is 354 g/mol. The fourth-order valence-electron chi connectivity index (χ4n) is 3.42. The lowest BCUT2D eigenvalue weighted by Gasteiger charge is -2.32. The predicted octanol–water partition coefficient (Wildman–Crippen LogP) is 3.15. The maximum absolute atomic E-state index is 12.4. The second-order valence-corrected chi connectivity index (χ2v) is 8.65. The van der Waals surface area contributed by atoms with Crippen molar-refractivity contribution in [1.82, 2.24) is 15.1 Å². The van der Waals surface area contributed by atoms with Crippen LogP contribution in [0.2, 0.25) is 0 Å². The Morgan fingerprint density at radius 2 is 1.79 bits per heavy atom. The zero-order valence-electron chi connectivity index (χ0n) is 18.0. The van der Waals surface area contributed by atoms with Gasteiger partial charge < -0.3 is 15.0 Å². The Kier molecular flexibility index (Phi) is 7.87. The lowest BCUT2D eigenvalue weighted by Crippen LogP contribution is -2.48. The van der Waals surface area contributed by atoms with Crippen molar-refractivity contribution in [3.05, 3.63) is 35.4 Å². The largest absolute Gasteiger partial charge is 0.450 e. The van der Waals surface area contributed by atoms with Crippen LogP contribution in [0.3, 0.4) is 0 Å². The molecule has 2 amide bonds. The van der Waals surface area contributed by atoms with E-state index in [2.05, 4.69) is 50.4 Å². The van der Waals surface area contributed by atoms with Crippen molar-refractivity contribution in [3.63, 3.8) is 0 Å². The third-order valence-electron chi connectivity index (χ3n) is 5.07. The standard InChI is InChI=1S/C22H35N3O3/c1-6-28-21(27)25-13-11-19(12-14-25)23-20(26)16-24(5)15-17-7-9-18(10-8-17)22(2,3)4/h7-10,19H,6,11-16H2,1-5H3,(H,23,26). The third kappa shape index (κ3) is 6.82. The fraction of sp³-hybridized carbons (Fsp3) is 0.636. The summed E-state index contributed by atoms with van der Waals surface area (Å²) in [5.74, 6) is 0.0309. The van der Waals surface area contributed by atoms with Crippen LogP contribution >= 0.6 is 0 Å². The number of piperidine rings is 1. The quantitative estimate of drug-likeness (QED) is 0.812. The van der Waals surface area contributed by atoms with Gasteiger partial charge in [-0.3, -0.25) is 9.69 Å². The van der Waals surface area contributed by atoms with Gasteiger partial charge in [0.1, 0.15) is 0 Å². The molecule has 1 fully saturated rings. The molecule has 1 aromatic rings. The fourth-order valence-corrected chi connectivity index (χ4v) is 3.42. The molecule has 0 atom stereocenters. The van der Waals surface area contributed by atoms with Gasteiger partial charge in [0.15, 0.2) is 0 Å². The summed E-state index contributed by atoms with van der Waals surface area (Å²) >= 11 is 0. The zero-order valence-corrected chi connectivity index (χ0v) is 18.0. The van der Waals surface area contributed by atoms with Crippen molar-refractivity contribution >= 4 is 12.0 Å². The first-order valence-corrected chi connectivity index (χ1v) is 10.2. The second-order valence-electron chi connectivity index (χ2n) is 8.65. The number of ether oxygens (including phenoxy) is 1. The number of carbonyl (C=O) groups is 2. The highest BCUT2D eigenvalue weighted by atomic mass is 16.6. The molecule has 6 nitrogen and oxygen atoms in total. The van der Waals surface area contributed by atoms with E-state index in [9.17, 15) is 9.59 Å². The molecule has 1 heterocycles. The van der Waals surface area contributed by atoms with E-state index in [1.807, 2.05) is 11.9 Å². The van der Waals surface area contributed by atoms with Crippen molar-refractivity contribution in [2.24, 2.45) is 0 Å². The van der Waals surface area contributed by atoms with Gasteiger partial charge in [-0.05, 0) is 43.4 Å². The second kappa shape index (κ2) is 9.92. The first-order valence-electron chi connectivity index (χ1n) is 10.2. The summed E-state index contributed by atoms with van der Waals surface area (Å²) in [6.45, 7) is 11.2. The maximum atomic E-state index is 12.4. The van der Waals surface area contributed by atoms with E-state index < -0.39 is 0 Å². The zero-order chi connectivity index (χ0) is 20.7. The molecule has 0 bridgehead atoms. The van der Waals surface area contributed by atoms with Crippen LogP contribution in [-0.2, 0) is 21.5 Å². The summed E-state index contributed by atoms with van der Waals surface area (Å²) in [5, 5.41) is 3.10. The van der Waals surface area contributed by atoms with Gasteiger partial charge >= 0.3 is 6.09 Å². The minimum atomic E-state index is -0.260. The number of hydrogen-bond donors (Lipinski definition) is 1. The van der Waals surface area contributed by atoms with E-state index >= 15 is 0 Å². The summed E-state index contributed by atoms with van der Waals surface area (Å²) in [4.78, 5) is 27.8. The van der Waals surface area contributed by atoms with Gasteiger partial charge in [0, 0.05) is 25.7 Å². The number of nitrogens with one attached hydrogen (secondary N) is 1. The van der Waals surface area contributed by atoms with Crippen molar-refractivity contribution < 1.29 is 14.3 Å². The monoisotopic (exact) mass is 389 g/mol. The van der Waals surface area contributed by atoms with Crippen LogP contribution in [-0.4, -0.2) is 61.1 Å². The molecule has 0 radical (unpaired) electrons. The SMILES string of the molecule is CCOC(=O)N1CCC(NC(=O)CN(C)Cc2ccc(C(C)(C)C)cc2)CC1. The molecule has 0 spiro atoms. The highest BCUT2D eigenvalue weighted by Crippen LogP contribution is 2.22. The lowest BCUT2D eigenvalue weighted by atomic mass is 9.87. The molecule has 0 aromatic heterocycles. The molecule has 156 valence electrons. The summed E-state index contributed by atoms with van der Waals surface area (Å²) < 4.78 is 5.03. The van der Waals surface area contributed by atoms with Gasteiger partial charge in [-0.2, -0.15) is 0 Å². The van der Waals surface area contributed by atoms with Crippen LogP contribution in [0.15, 0.2) is 24.3 Å². The van der Waals surface area contributed by atoms with Crippen molar-refractivity contribution in [1.29, 1.82) is 0 Å². The van der Waals surface area contributed by atoms with Gasteiger partial charge in [-0.15, -0.1) is 0 Å². The molecule has 0 unspecified atom stereocenters. The highest BCUT2D eigenvalue weighted by Gasteiger charge is 2.24. The molecule has 1 aromatic carbocycles. The van der Waals surface area contributed by atoms with Gasteiger partial charge in [0.25, 0.3) is 0 Å². The van der Waals surface area contributed by atoms with E-state index in [-0.39, 0.29) is 23.5 Å². The topological polar surface area (TPSA) is 61.9 Å². The molecular formula is C22H35N3O3. The molecule has 28 heavy (non-hydrogen) atoms. The summed E-state index contributed by atoms with van der Waals surface area (Å²) in [6.07, 6.45) is 1.27. The van der Waals surface area contributed by atoms with Gasteiger partial charge in [-0.1, -0.05) is 45.0 Å².